The molecular formula is C15H17FO. The van der Waals surface area contributed by atoms with Crippen LogP contribution in [-0.4, -0.2) is 5.11 Å². The van der Waals surface area contributed by atoms with Crippen LogP contribution in [0.2, 0.25) is 0 Å². The molecule has 0 aromatic heterocycles. The molecule has 0 aliphatic heterocycles. The van der Waals surface area contributed by atoms with Crippen molar-refractivity contribution >= 4 is 0 Å². The molecule has 1 aromatic carbocycles. The second-order valence-electron chi connectivity index (χ2n) is 3.76. The lowest BCUT2D eigenvalue weighted by Gasteiger charge is -2.17. The van der Waals surface area contributed by atoms with Crippen molar-refractivity contribution in [3.05, 3.63) is 72.3 Å². The Morgan fingerprint density at radius 1 is 1.29 bits per heavy atom. The minimum atomic E-state index is -0.263. The zero-order valence-corrected chi connectivity index (χ0v) is 9.99. The van der Waals surface area contributed by atoms with Gasteiger partial charge in [-0.3, -0.25) is 0 Å². The van der Waals surface area contributed by atoms with E-state index in [0.717, 1.165) is 12.0 Å². The number of aliphatic hydroxyl groups excluding tert-OH is 1. The molecule has 90 valence electrons. The molecule has 1 unspecified atom stereocenters. The first kappa shape index (κ1) is 13.2. The quantitative estimate of drug-likeness (QED) is 0.585. The highest BCUT2D eigenvalue weighted by Crippen LogP contribution is 2.30. The van der Waals surface area contributed by atoms with Crippen molar-refractivity contribution in [2.24, 2.45) is 0 Å². The Morgan fingerprint density at radius 2 is 1.88 bits per heavy atom. The maximum atomic E-state index is 12.9. The van der Waals surface area contributed by atoms with Gasteiger partial charge in [-0.05, 0) is 30.2 Å². The molecule has 0 aliphatic rings. The minimum absolute atomic E-state index is 0.00565. The van der Waals surface area contributed by atoms with Crippen LogP contribution in [0.15, 0.2) is 60.9 Å². The van der Waals surface area contributed by atoms with Gasteiger partial charge in [0.15, 0.2) is 0 Å². The third kappa shape index (κ3) is 3.06. The number of rotatable bonds is 5. The molecule has 1 N–H and O–H groups in total. The zero-order chi connectivity index (χ0) is 12.8. The van der Waals surface area contributed by atoms with Crippen molar-refractivity contribution in [3.8, 4) is 0 Å². The molecule has 0 radical (unpaired) electrons. The average Bonchev–Trinajstić information content (AvgIpc) is 2.36. The number of aliphatic hydroxyl groups is 1. The third-order valence-corrected chi connectivity index (χ3v) is 2.77. The molecule has 0 bridgehead atoms. The summed E-state index contributed by atoms with van der Waals surface area (Å²) in [7, 11) is 0. The second-order valence-corrected chi connectivity index (χ2v) is 3.76. The minimum Gasteiger partial charge on any atom is -0.508 e. The van der Waals surface area contributed by atoms with Gasteiger partial charge in [-0.25, -0.2) is 4.39 Å². The van der Waals surface area contributed by atoms with Gasteiger partial charge < -0.3 is 5.11 Å². The van der Waals surface area contributed by atoms with Crippen molar-refractivity contribution in [1.29, 1.82) is 0 Å². The number of allylic oxidation sites excluding steroid dienone is 3. The lowest BCUT2D eigenvalue weighted by atomic mass is 9.88. The molecule has 0 amide bonds. The fourth-order valence-corrected chi connectivity index (χ4v) is 1.87. The van der Waals surface area contributed by atoms with Gasteiger partial charge in [0.1, 0.15) is 11.6 Å². The number of benzene rings is 1. The van der Waals surface area contributed by atoms with E-state index in [9.17, 15) is 9.50 Å². The van der Waals surface area contributed by atoms with E-state index in [1.165, 1.54) is 18.2 Å². The van der Waals surface area contributed by atoms with Crippen molar-refractivity contribution in [3.63, 3.8) is 0 Å². The molecule has 0 saturated carbocycles. The topological polar surface area (TPSA) is 20.2 Å². The SMILES string of the molecule is C=C/C(O)=C(\C=C)C(CC)c1ccc(F)cc1. The van der Waals surface area contributed by atoms with Crippen molar-refractivity contribution in [2.45, 2.75) is 19.3 Å². The first-order chi connectivity index (χ1) is 8.13. The van der Waals surface area contributed by atoms with Crippen molar-refractivity contribution in [2.75, 3.05) is 0 Å². The normalized spacial score (nSPS) is 13.8. The number of hydrogen-bond acceptors (Lipinski definition) is 1. The molecule has 0 aliphatic carbocycles. The molecule has 1 atom stereocenters. The lowest BCUT2D eigenvalue weighted by molar-refractivity contribution is 0.422. The van der Waals surface area contributed by atoms with E-state index >= 15 is 0 Å². The zero-order valence-electron chi connectivity index (χ0n) is 9.99. The summed E-state index contributed by atoms with van der Waals surface area (Å²) in [6, 6.07) is 6.29. The summed E-state index contributed by atoms with van der Waals surface area (Å²) in [5.41, 5.74) is 1.67. The summed E-state index contributed by atoms with van der Waals surface area (Å²) in [4.78, 5) is 0. The van der Waals surface area contributed by atoms with Gasteiger partial charge >= 0.3 is 0 Å². The van der Waals surface area contributed by atoms with Crippen LogP contribution in [0.3, 0.4) is 0 Å². The van der Waals surface area contributed by atoms with Gasteiger partial charge in [0.05, 0.1) is 0 Å². The fourth-order valence-electron chi connectivity index (χ4n) is 1.87. The van der Waals surface area contributed by atoms with Crippen LogP contribution >= 0.6 is 0 Å². The standard InChI is InChI=1S/C15H17FO/c1-4-13(14(5-2)15(17)6-3)11-7-9-12(16)10-8-11/h5-10,13,17H,2-4H2,1H3/b15-14-. The molecule has 17 heavy (non-hydrogen) atoms. The molecule has 0 saturated heterocycles. The summed E-state index contributed by atoms with van der Waals surface area (Å²) in [5, 5.41) is 9.75. The Balaban J connectivity index is 3.18. The van der Waals surface area contributed by atoms with Gasteiger partial charge in [0.2, 0.25) is 0 Å². The fraction of sp³-hybridized carbons (Fsp3) is 0.200. The van der Waals surface area contributed by atoms with E-state index in [4.69, 9.17) is 0 Å². The van der Waals surface area contributed by atoms with E-state index < -0.39 is 0 Å². The molecule has 0 spiro atoms. The Hall–Kier alpha value is -1.83. The Bertz CT molecular complexity index is 429. The number of hydrogen-bond donors (Lipinski definition) is 1. The Kier molecular flexibility index (Phi) is 4.70. The van der Waals surface area contributed by atoms with E-state index in [1.807, 2.05) is 6.92 Å². The maximum Gasteiger partial charge on any atom is 0.123 e. The van der Waals surface area contributed by atoms with Gasteiger partial charge in [0, 0.05) is 11.5 Å². The average molecular weight is 232 g/mol. The van der Waals surface area contributed by atoms with Crippen LogP contribution < -0.4 is 0 Å². The van der Waals surface area contributed by atoms with E-state index in [1.54, 1.807) is 18.2 Å². The highest BCUT2D eigenvalue weighted by Gasteiger charge is 2.15. The van der Waals surface area contributed by atoms with Crippen molar-refractivity contribution in [1.82, 2.24) is 0 Å². The lowest BCUT2D eigenvalue weighted by Crippen LogP contribution is -2.02. The third-order valence-electron chi connectivity index (χ3n) is 2.77. The van der Waals surface area contributed by atoms with Crippen LogP contribution in [0, 0.1) is 5.82 Å². The Labute approximate surface area is 102 Å². The number of halogens is 1. The van der Waals surface area contributed by atoms with Gasteiger partial charge in [-0.1, -0.05) is 38.3 Å². The monoisotopic (exact) mass is 232 g/mol. The van der Waals surface area contributed by atoms with Crippen LogP contribution in [0.4, 0.5) is 4.39 Å². The maximum absolute atomic E-state index is 12.9. The van der Waals surface area contributed by atoms with E-state index in [0.29, 0.717) is 5.57 Å². The van der Waals surface area contributed by atoms with Crippen LogP contribution in [-0.2, 0) is 0 Å². The van der Waals surface area contributed by atoms with Crippen LogP contribution in [0.1, 0.15) is 24.8 Å². The first-order valence-corrected chi connectivity index (χ1v) is 5.57. The summed E-state index contributed by atoms with van der Waals surface area (Å²) in [6.07, 6.45) is 3.81. The Morgan fingerprint density at radius 3 is 2.29 bits per heavy atom. The highest BCUT2D eigenvalue weighted by atomic mass is 19.1. The van der Waals surface area contributed by atoms with E-state index in [-0.39, 0.29) is 17.5 Å². The molecule has 0 fully saturated rings. The summed E-state index contributed by atoms with van der Waals surface area (Å²) >= 11 is 0. The van der Waals surface area contributed by atoms with Crippen LogP contribution in [0.25, 0.3) is 0 Å². The van der Waals surface area contributed by atoms with E-state index in [2.05, 4.69) is 13.2 Å². The van der Waals surface area contributed by atoms with Gasteiger partial charge in [0.25, 0.3) is 0 Å². The highest BCUT2D eigenvalue weighted by molar-refractivity contribution is 5.38. The largest absolute Gasteiger partial charge is 0.508 e. The summed E-state index contributed by atoms with van der Waals surface area (Å²) in [6.45, 7) is 9.25. The predicted molar refractivity (Wildman–Crippen MR) is 69.5 cm³/mol. The predicted octanol–water partition coefficient (Wildman–Crippen LogP) is 4.50. The molecule has 2 heteroatoms. The summed E-state index contributed by atoms with van der Waals surface area (Å²) < 4.78 is 12.9. The first-order valence-electron chi connectivity index (χ1n) is 5.57. The van der Waals surface area contributed by atoms with Crippen LogP contribution in [0.5, 0.6) is 0 Å². The molecule has 1 nitrogen and oxygen atoms in total. The van der Waals surface area contributed by atoms with Gasteiger partial charge in [-0.15, -0.1) is 0 Å². The molecule has 1 rings (SSSR count). The smallest absolute Gasteiger partial charge is 0.123 e. The molecule has 0 heterocycles. The van der Waals surface area contributed by atoms with Crippen molar-refractivity contribution < 1.29 is 9.50 Å². The van der Waals surface area contributed by atoms with Gasteiger partial charge in [-0.2, -0.15) is 0 Å². The summed E-state index contributed by atoms with van der Waals surface area (Å²) in [5.74, 6) is -0.136. The second kappa shape index (κ2) is 6.04. The molecule has 1 aromatic rings. The molecular weight excluding hydrogens is 215 g/mol.